The molecule has 0 aliphatic heterocycles. The van der Waals surface area contributed by atoms with Crippen molar-refractivity contribution >= 4 is 16.8 Å². The van der Waals surface area contributed by atoms with E-state index in [1.54, 1.807) is 6.07 Å². The Kier molecular flexibility index (Phi) is 4.17. The Balaban J connectivity index is 1.75. The predicted molar refractivity (Wildman–Crippen MR) is 91.4 cm³/mol. The van der Waals surface area contributed by atoms with E-state index in [0.29, 0.717) is 5.56 Å². The Morgan fingerprint density at radius 2 is 1.87 bits per heavy atom. The van der Waals surface area contributed by atoms with Crippen LogP contribution in [0, 0.1) is 6.92 Å². The molecule has 2 aromatic carbocycles. The molecular weight excluding hydrogens is 288 g/mol. The van der Waals surface area contributed by atoms with Crippen LogP contribution in [0.5, 0.6) is 0 Å². The van der Waals surface area contributed by atoms with Crippen LogP contribution in [0.15, 0.2) is 54.7 Å². The fourth-order valence-electron chi connectivity index (χ4n) is 2.86. The first-order valence-electron chi connectivity index (χ1n) is 7.64. The number of carbonyl (C=O) groups excluding carboxylic acids is 1. The summed E-state index contributed by atoms with van der Waals surface area (Å²) in [5, 5.41) is 14.3. The second-order valence-electron chi connectivity index (χ2n) is 5.75. The van der Waals surface area contributed by atoms with Crippen LogP contribution in [0.1, 0.15) is 27.6 Å². The van der Waals surface area contributed by atoms with Crippen LogP contribution in [-0.4, -0.2) is 22.1 Å². The van der Waals surface area contributed by atoms with Gasteiger partial charge in [-0.15, -0.1) is 0 Å². The Labute approximate surface area is 135 Å². The minimum atomic E-state index is -0.742. The number of hydrogen-bond donors (Lipinski definition) is 2. The van der Waals surface area contributed by atoms with Crippen molar-refractivity contribution in [2.45, 2.75) is 13.0 Å². The van der Waals surface area contributed by atoms with E-state index in [1.807, 2.05) is 67.2 Å². The van der Waals surface area contributed by atoms with Crippen LogP contribution >= 0.6 is 0 Å². The van der Waals surface area contributed by atoms with Crippen LogP contribution in [0.4, 0.5) is 0 Å². The van der Waals surface area contributed by atoms with Crippen LogP contribution in [0.25, 0.3) is 10.9 Å². The van der Waals surface area contributed by atoms with Gasteiger partial charge in [0.25, 0.3) is 5.91 Å². The van der Waals surface area contributed by atoms with Crippen molar-refractivity contribution in [2.24, 2.45) is 7.05 Å². The molecule has 0 fully saturated rings. The molecule has 4 heteroatoms. The zero-order chi connectivity index (χ0) is 16.4. The molecule has 1 aromatic heterocycles. The number of fused-ring (bicyclic) bond motifs is 1. The first-order chi connectivity index (χ1) is 11.1. The van der Waals surface area contributed by atoms with Crippen LogP contribution < -0.4 is 5.32 Å². The molecule has 0 aliphatic rings. The molecule has 1 heterocycles. The van der Waals surface area contributed by atoms with Crippen molar-refractivity contribution in [2.75, 3.05) is 6.54 Å². The molecule has 1 unspecified atom stereocenters. The van der Waals surface area contributed by atoms with Gasteiger partial charge in [0, 0.05) is 41.8 Å². The number of nitrogens with one attached hydrogen (secondary N) is 1. The maximum atomic E-state index is 12.2. The molecule has 0 saturated carbocycles. The molecule has 1 atom stereocenters. The molecule has 118 valence electrons. The Morgan fingerprint density at radius 1 is 1.17 bits per heavy atom. The monoisotopic (exact) mass is 308 g/mol. The number of para-hydroxylation sites is 1. The van der Waals surface area contributed by atoms with Gasteiger partial charge in [-0.1, -0.05) is 36.4 Å². The standard InChI is InChI=1S/C19H20N2O2/c1-13-7-3-4-8-14(13)19(23)20-11-18(22)16-12-21(2)17-10-6-5-9-15(16)17/h3-10,12,18,22H,11H2,1-2H3,(H,20,23). The highest BCUT2D eigenvalue weighted by molar-refractivity contribution is 5.95. The summed E-state index contributed by atoms with van der Waals surface area (Å²) >= 11 is 0. The summed E-state index contributed by atoms with van der Waals surface area (Å²) in [7, 11) is 1.95. The number of hydrogen-bond acceptors (Lipinski definition) is 2. The Hall–Kier alpha value is -2.59. The second-order valence-corrected chi connectivity index (χ2v) is 5.75. The summed E-state index contributed by atoms with van der Waals surface area (Å²) < 4.78 is 1.98. The van der Waals surface area contributed by atoms with Crippen molar-refractivity contribution in [3.05, 3.63) is 71.4 Å². The quantitative estimate of drug-likeness (QED) is 0.778. The number of aryl methyl sites for hydroxylation is 2. The third-order valence-electron chi connectivity index (χ3n) is 4.13. The highest BCUT2D eigenvalue weighted by Crippen LogP contribution is 2.25. The maximum absolute atomic E-state index is 12.2. The average molecular weight is 308 g/mol. The van der Waals surface area contributed by atoms with Crippen molar-refractivity contribution in [1.29, 1.82) is 0 Å². The van der Waals surface area contributed by atoms with Crippen LogP contribution in [-0.2, 0) is 7.05 Å². The van der Waals surface area contributed by atoms with Gasteiger partial charge in [-0.2, -0.15) is 0 Å². The van der Waals surface area contributed by atoms with Crippen molar-refractivity contribution in [1.82, 2.24) is 9.88 Å². The molecule has 0 saturated heterocycles. The van der Waals surface area contributed by atoms with Gasteiger partial charge < -0.3 is 15.0 Å². The molecule has 0 aliphatic carbocycles. The third kappa shape index (κ3) is 2.98. The molecular formula is C19H20N2O2. The Morgan fingerprint density at radius 3 is 2.65 bits per heavy atom. The fraction of sp³-hybridized carbons (Fsp3) is 0.211. The molecule has 0 spiro atoms. The topological polar surface area (TPSA) is 54.3 Å². The predicted octanol–water partition coefficient (Wildman–Crippen LogP) is 2.95. The average Bonchev–Trinajstić information content (AvgIpc) is 2.90. The summed E-state index contributed by atoms with van der Waals surface area (Å²) in [6, 6.07) is 15.3. The van der Waals surface area contributed by atoms with E-state index >= 15 is 0 Å². The molecule has 2 N–H and O–H groups in total. The van der Waals surface area contributed by atoms with E-state index in [0.717, 1.165) is 22.0 Å². The maximum Gasteiger partial charge on any atom is 0.251 e. The van der Waals surface area contributed by atoms with Gasteiger partial charge in [0.05, 0.1) is 6.10 Å². The number of carbonyl (C=O) groups is 1. The third-order valence-corrected chi connectivity index (χ3v) is 4.13. The minimum absolute atomic E-state index is 0.164. The lowest BCUT2D eigenvalue weighted by atomic mass is 10.1. The number of benzene rings is 2. The lowest BCUT2D eigenvalue weighted by Gasteiger charge is -2.12. The van der Waals surface area contributed by atoms with E-state index < -0.39 is 6.10 Å². The lowest BCUT2D eigenvalue weighted by Crippen LogP contribution is -2.28. The molecule has 3 aromatic rings. The molecule has 0 radical (unpaired) electrons. The minimum Gasteiger partial charge on any atom is -0.386 e. The van der Waals surface area contributed by atoms with E-state index in [1.165, 1.54) is 0 Å². The van der Waals surface area contributed by atoms with Crippen molar-refractivity contribution < 1.29 is 9.90 Å². The highest BCUT2D eigenvalue weighted by atomic mass is 16.3. The lowest BCUT2D eigenvalue weighted by molar-refractivity contribution is 0.0916. The van der Waals surface area contributed by atoms with Crippen LogP contribution in [0.2, 0.25) is 0 Å². The number of aliphatic hydroxyl groups is 1. The van der Waals surface area contributed by atoms with Gasteiger partial charge in [-0.3, -0.25) is 4.79 Å². The molecule has 4 nitrogen and oxygen atoms in total. The summed E-state index contributed by atoms with van der Waals surface area (Å²) in [4.78, 5) is 12.2. The number of amides is 1. The normalized spacial score (nSPS) is 12.3. The van der Waals surface area contributed by atoms with Crippen molar-refractivity contribution in [3.63, 3.8) is 0 Å². The summed E-state index contributed by atoms with van der Waals surface area (Å²) in [6.07, 6.45) is 1.17. The summed E-state index contributed by atoms with van der Waals surface area (Å²) in [5.74, 6) is -0.164. The van der Waals surface area contributed by atoms with Gasteiger partial charge in [0.15, 0.2) is 0 Å². The molecule has 23 heavy (non-hydrogen) atoms. The number of aliphatic hydroxyl groups excluding tert-OH is 1. The number of aromatic nitrogens is 1. The summed E-state index contributed by atoms with van der Waals surface area (Å²) in [6.45, 7) is 2.08. The Bertz CT molecular complexity index is 851. The molecule has 0 bridgehead atoms. The zero-order valence-corrected chi connectivity index (χ0v) is 13.3. The second kappa shape index (κ2) is 6.26. The zero-order valence-electron chi connectivity index (χ0n) is 13.3. The smallest absolute Gasteiger partial charge is 0.251 e. The van der Waals surface area contributed by atoms with Gasteiger partial charge in [-0.25, -0.2) is 0 Å². The first kappa shape index (κ1) is 15.3. The van der Waals surface area contributed by atoms with Gasteiger partial charge in [-0.05, 0) is 24.6 Å². The van der Waals surface area contributed by atoms with E-state index in [-0.39, 0.29) is 12.5 Å². The molecule has 1 amide bonds. The molecule has 3 rings (SSSR count). The number of rotatable bonds is 4. The van der Waals surface area contributed by atoms with Gasteiger partial charge in [0.1, 0.15) is 0 Å². The highest BCUT2D eigenvalue weighted by Gasteiger charge is 2.16. The van der Waals surface area contributed by atoms with E-state index in [9.17, 15) is 9.90 Å². The van der Waals surface area contributed by atoms with Crippen molar-refractivity contribution in [3.8, 4) is 0 Å². The first-order valence-corrected chi connectivity index (χ1v) is 7.64. The van der Waals surface area contributed by atoms with E-state index in [2.05, 4.69) is 5.32 Å². The largest absolute Gasteiger partial charge is 0.386 e. The fourth-order valence-corrected chi connectivity index (χ4v) is 2.86. The van der Waals surface area contributed by atoms with Gasteiger partial charge >= 0.3 is 0 Å². The van der Waals surface area contributed by atoms with Gasteiger partial charge in [0.2, 0.25) is 0 Å². The SMILES string of the molecule is Cc1ccccc1C(=O)NCC(O)c1cn(C)c2ccccc12. The van der Waals surface area contributed by atoms with E-state index in [4.69, 9.17) is 0 Å². The summed E-state index contributed by atoms with van der Waals surface area (Å²) in [5.41, 5.74) is 3.45. The van der Waals surface area contributed by atoms with Crippen LogP contribution in [0.3, 0.4) is 0 Å². The number of nitrogens with zero attached hydrogens (tertiary/aromatic N) is 1.